The van der Waals surface area contributed by atoms with E-state index in [1.54, 1.807) is 6.07 Å². The summed E-state index contributed by atoms with van der Waals surface area (Å²) in [5.74, 6) is 0. The highest BCUT2D eigenvalue weighted by Gasteiger charge is 2.42. The Balaban J connectivity index is 2.19. The van der Waals surface area contributed by atoms with Crippen molar-refractivity contribution in [1.82, 2.24) is 5.32 Å². The molecule has 1 fully saturated rings. The van der Waals surface area contributed by atoms with Crippen LogP contribution in [0.4, 0.5) is 18.0 Å². The summed E-state index contributed by atoms with van der Waals surface area (Å²) < 4.78 is 50.1. The molecule has 0 aliphatic carbocycles. The molecule has 0 unspecified atom stereocenters. The van der Waals surface area contributed by atoms with Crippen molar-refractivity contribution in [2.45, 2.75) is 57.2 Å². The second-order valence-electron chi connectivity index (χ2n) is 7.76. The molecule has 1 N–H and O–H groups in total. The third-order valence-corrected chi connectivity index (χ3v) is 9.39. The summed E-state index contributed by atoms with van der Waals surface area (Å²) in [6.07, 6.45) is -5.75. The van der Waals surface area contributed by atoms with Crippen molar-refractivity contribution in [1.29, 1.82) is 0 Å². The number of rotatable bonds is 4. The standard InChI is InChI=1S/C17H24F3NO3Si/c1-16(2,3)25(4,5)23-10-13-14(21-15(22)24-13)11-7-6-8-12(9-11)17(18,19)20/h6-9,13-14H,10H2,1-5H3,(H,21,22)/t13-,14-/m0/s1. The number of ether oxygens (including phenoxy) is 1. The lowest BCUT2D eigenvalue weighted by molar-refractivity contribution is -0.137. The zero-order chi connectivity index (χ0) is 19.0. The Bertz CT molecular complexity index is 641. The fourth-order valence-corrected chi connectivity index (χ4v) is 3.32. The van der Waals surface area contributed by atoms with Crippen LogP contribution in [0.3, 0.4) is 0 Å². The Morgan fingerprint density at radius 3 is 2.44 bits per heavy atom. The third kappa shape index (κ3) is 4.55. The molecular formula is C17H24F3NO3Si. The van der Waals surface area contributed by atoms with Gasteiger partial charge in [0.05, 0.1) is 18.2 Å². The van der Waals surface area contributed by atoms with Crippen LogP contribution in [0.25, 0.3) is 0 Å². The Kier molecular flexibility index (Phi) is 5.25. The van der Waals surface area contributed by atoms with Gasteiger partial charge in [0.15, 0.2) is 8.32 Å². The zero-order valence-electron chi connectivity index (χ0n) is 15.0. The molecule has 140 valence electrons. The molecule has 2 atom stereocenters. The van der Waals surface area contributed by atoms with Crippen LogP contribution >= 0.6 is 0 Å². The van der Waals surface area contributed by atoms with Crippen molar-refractivity contribution >= 4 is 14.4 Å². The van der Waals surface area contributed by atoms with Crippen molar-refractivity contribution in [3.63, 3.8) is 0 Å². The Morgan fingerprint density at radius 1 is 1.24 bits per heavy atom. The monoisotopic (exact) mass is 375 g/mol. The first-order valence-electron chi connectivity index (χ1n) is 8.09. The van der Waals surface area contributed by atoms with E-state index in [1.165, 1.54) is 6.07 Å². The zero-order valence-corrected chi connectivity index (χ0v) is 16.0. The largest absolute Gasteiger partial charge is 0.441 e. The van der Waals surface area contributed by atoms with Gasteiger partial charge in [-0.25, -0.2) is 4.79 Å². The summed E-state index contributed by atoms with van der Waals surface area (Å²) in [5, 5.41) is 2.56. The number of cyclic esters (lactones) is 1. The molecule has 1 aromatic rings. The van der Waals surface area contributed by atoms with Crippen molar-refractivity contribution < 1.29 is 27.1 Å². The maximum atomic E-state index is 12.9. The first-order chi connectivity index (χ1) is 11.3. The number of amides is 1. The number of carbonyl (C=O) groups is 1. The number of carbonyl (C=O) groups excluding carboxylic acids is 1. The molecule has 1 heterocycles. The minimum atomic E-state index is -4.44. The number of alkyl halides is 3. The number of halogens is 3. The maximum Gasteiger partial charge on any atom is 0.416 e. The highest BCUT2D eigenvalue weighted by Crippen LogP contribution is 2.38. The smallest absolute Gasteiger partial charge is 0.416 e. The first kappa shape index (κ1) is 19.8. The van der Waals surface area contributed by atoms with Crippen molar-refractivity contribution in [2.75, 3.05) is 6.61 Å². The van der Waals surface area contributed by atoms with Gasteiger partial charge in [0.25, 0.3) is 0 Å². The SMILES string of the molecule is CC(C)(C)[Si](C)(C)OC[C@@H]1OC(=O)N[C@H]1c1cccc(C(F)(F)F)c1. The van der Waals surface area contributed by atoms with E-state index in [4.69, 9.17) is 9.16 Å². The van der Waals surface area contributed by atoms with Gasteiger partial charge >= 0.3 is 12.3 Å². The average molecular weight is 375 g/mol. The van der Waals surface area contributed by atoms with Gasteiger partial charge < -0.3 is 14.5 Å². The molecule has 4 nitrogen and oxygen atoms in total. The molecule has 1 aromatic carbocycles. The van der Waals surface area contributed by atoms with Gasteiger partial charge in [-0.05, 0) is 35.8 Å². The highest BCUT2D eigenvalue weighted by atomic mass is 28.4. The number of nitrogens with one attached hydrogen (secondary N) is 1. The molecule has 2 rings (SSSR count). The molecule has 0 radical (unpaired) electrons. The normalized spacial score (nSPS) is 21.8. The lowest BCUT2D eigenvalue weighted by atomic mass is 10.0. The molecule has 25 heavy (non-hydrogen) atoms. The van der Waals surface area contributed by atoms with E-state index in [-0.39, 0.29) is 11.6 Å². The molecule has 1 aliphatic heterocycles. The average Bonchev–Trinajstić information content (AvgIpc) is 2.84. The minimum absolute atomic E-state index is 0.0191. The van der Waals surface area contributed by atoms with Crippen molar-refractivity contribution in [2.24, 2.45) is 0 Å². The van der Waals surface area contributed by atoms with Crippen LogP contribution in [0.15, 0.2) is 24.3 Å². The predicted molar refractivity (Wildman–Crippen MR) is 90.7 cm³/mol. The van der Waals surface area contributed by atoms with Gasteiger partial charge in [-0.3, -0.25) is 0 Å². The second kappa shape index (κ2) is 6.64. The van der Waals surface area contributed by atoms with E-state index < -0.39 is 38.3 Å². The number of benzene rings is 1. The van der Waals surface area contributed by atoms with Gasteiger partial charge in [0.1, 0.15) is 6.10 Å². The number of alkyl carbamates (subject to hydrolysis) is 1. The second-order valence-corrected chi connectivity index (χ2v) is 12.6. The molecule has 0 saturated carbocycles. The fourth-order valence-electron chi connectivity index (χ4n) is 2.30. The molecular weight excluding hydrogens is 351 g/mol. The molecule has 1 aliphatic rings. The van der Waals surface area contributed by atoms with Crippen LogP contribution in [-0.4, -0.2) is 27.1 Å². The van der Waals surface area contributed by atoms with Gasteiger partial charge in [-0.1, -0.05) is 32.9 Å². The molecule has 0 bridgehead atoms. The quantitative estimate of drug-likeness (QED) is 0.763. The summed E-state index contributed by atoms with van der Waals surface area (Å²) in [6.45, 7) is 10.5. The topological polar surface area (TPSA) is 47.6 Å². The highest BCUT2D eigenvalue weighted by molar-refractivity contribution is 6.74. The molecule has 1 saturated heterocycles. The first-order valence-corrected chi connectivity index (χ1v) is 11.0. The van der Waals surface area contributed by atoms with E-state index in [2.05, 4.69) is 39.2 Å². The summed E-state index contributed by atoms with van der Waals surface area (Å²) in [5.41, 5.74) is -0.403. The van der Waals surface area contributed by atoms with Gasteiger partial charge in [0, 0.05) is 0 Å². The Hall–Kier alpha value is -1.54. The Labute approximate surface area is 146 Å². The van der Waals surface area contributed by atoms with Crippen LogP contribution in [0.1, 0.15) is 37.9 Å². The summed E-state index contributed by atoms with van der Waals surface area (Å²) >= 11 is 0. The molecule has 8 heteroatoms. The fraction of sp³-hybridized carbons (Fsp3) is 0.588. The predicted octanol–water partition coefficient (Wildman–Crippen LogP) is 4.88. The van der Waals surface area contributed by atoms with E-state index in [0.29, 0.717) is 5.56 Å². The van der Waals surface area contributed by atoms with E-state index in [9.17, 15) is 18.0 Å². The lowest BCUT2D eigenvalue weighted by Gasteiger charge is -2.37. The number of hydrogen-bond acceptors (Lipinski definition) is 3. The van der Waals surface area contributed by atoms with Crippen LogP contribution in [0, 0.1) is 0 Å². The number of hydrogen-bond donors (Lipinski definition) is 1. The van der Waals surface area contributed by atoms with Crippen molar-refractivity contribution in [3.8, 4) is 0 Å². The van der Waals surface area contributed by atoms with Crippen LogP contribution in [-0.2, 0) is 15.3 Å². The third-order valence-electron chi connectivity index (χ3n) is 4.89. The molecule has 0 spiro atoms. The van der Waals surface area contributed by atoms with Gasteiger partial charge in [-0.15, -0.1) is 0 Å². The molecule has 1 amide bonds. The lowest BCUT2D eigenvalue weighted by Crippen LogP contribution is -2.43. The van der Waals surface area contributed by atoms with Crippen LogP contribution in [0.5, 0.6) is 0 Å². The van der Waals surface area contributed by atoms with Gasteiger partial charge in [-0.2, -0.15) is 13.2 Å². The van der Waals surface area contributed by atoms with Crippen LogP contribution in [0.2, 0.25) is 18.1 Å². The van der Waals surface area contributed by atoms with Crippen molar-refractivity contribution in [3.05, 3.63) is 35.4 Å². The summed E-state index contributed by atoms with van der Waals surface area (Å²) in [7, 11) is -2.06. The summed E-state index contributed by atoms with van der Waals surface area (Å²) in [4.78, 5) is 11.6. The summed E-state index contributed by atoms with van der Waals surface area (Å²) in [6, 6.07) is 4.25. The molecule has 0 aromatic heterocycles. The van der Waals surface area contributed by atoms with Crippen LogP contribution < -0.4 is 5.32 Å². The van der Waals surface area contributed by atoms with Gasteiger partial charge in [0.2, 0.25) is 0 Å². The van der Waals surface area contributed by atoms with E-state index in [0.717, 1.165) is 12.1 Å². The van der Waals surface area contributed by atoms with E-state index in [1.807, 2.05) is 0 Å². The van der Waals surface area contributed by atoms with E-state index >= 15 is 0 Å². The maximum absolute atomic E-state index is 12.9. The minimum Gasteiger partial charge on any atom is -0.441 e. The Morgan fingerprint density at radius 2 is 1.88 bits per heavy atom.